The first-order valence-electron chi connectivity index (χ1n) is 11.9. The van der Waals surface area contributed by atoms with Crippen LogP contribution in [0.15, 0.2) is 36.4 Å². The normalized spacial score (nSPS) is 26.0. The molecule has 36 heavy (non-hydrogen) atoms. The molecule has 0 radical (unpaired) electrons. The summed E-state index contributed by atoms with van der Waals surface area (Å²) in [5.41, 5.74) is 12.2. The third kappa shape index (κ3) is 4.46. The Kier molecular flexibility index (Phi) is 6.03. The molecule has 1 aromatic carbocycles. The standard InChI is InChI=1S/C24H30N6O5S/c1-36(33,34)30-11-4-6-19(30)22(31)28-18-13-24(35-20-7-3-2-5-15(18)20)10-12-29(14-24)23(32)17-9-8-16(25)21(26)27-17/h2-3,5,7-9,18-19H,4,6,10-14,25H2,1H3,(H2,26,27)(H,28,31). The van der Waals surface area contributed by atoms with E-state index in [2.05, 4.69) is 10.3 Å². The summed E-state index contributed by atoms with van der Waals surface area (Å²) in [7, 11) is -3.49. The Morgan fingerprint density at radius 1 is 1.17 bits per heavy atom. The molecule has 1 spiro atoms. The van der Waals surface area contributed by atoms with Gasteiger partial charge in [-0.05, 0) is 31.0 Å². The molecule has 0 bridgehead atoms. The Labute approximate surface area is 209 Å². The molecule has 0 saturated carbocycles. The summed E-state index contributed by atoms with van der Waals surface area (Å²) in [6.07, 6.45) is 3.27. The Morgan fingerprint density at radius 2 is 1.94 bits per heavy atom. The van der Waals surface area contributed by atoms with Gasteiger partial charge in [-0.1, -0.05) is 18.2 Å². The number of nitrogens with zero attached hydrogens (tertiary/aromatic N) is 3. The molecule has 2 saturated heterocycles. The van der Waals surface area contributed by atoms with E-state index in [0.717, 1.165) is 11.8 Å². The zero-order valence-corrected chi connectivity index (χ0v) is 20.8. The number of nitrogen functional groups attached to an aromatic ring is 2. The second kappa shape index (κ2) is 8.93. The van der Waals surface area contributed by atoms with Crippen LogP contribution in [0.1, 0.15) is 47.8 Å². The maximum absolute atomic E-state index is 13.2. The number of pyridine rings is 1. The SMILES string of the molecule is CS(=O)(=O)N1CCCC1C(=O)NC1CC2(CCN(C(=O)c3ccc(N)c(N)n3)C2)Oc2ccccc21. The van der Waals surface area contributed by atoms with E-state index < -0.39 is 21.7 Å². The number of sulfonamides is 1. The molecule has 192 valence electrons. The van der Waals surface area contributed by atoms with E-state index in [1.54, 1.807) is 17.0 Å². The highest BCUT2D eigenvalue weighted by molar-refractivity contribution is 7.88. The van der Waals surface area contributed by atoms with Crippen LogP contribution in [0.4, 0.5) is 11.5 Å². The average molecular weight is 515 g/mol. The first kappa shape index (κ1) is 24.3. The lowest BCUT2D eigenvalue weighted by atomic mass is 9.86. The number of fused-ring (bicyclic) bond motifs is 1. The molecule has 5 rings (SSSR count). The second-order valence-corrected chi connectivity index (χ2v) is 11.7. The molecule has 1 aromatic heterocycles. The summed E-state index contributed by atoms with van der Waals surface area (Å²) in [6.45, 7) is 1.11. The number of nitrogens with one attached hydrogen (secondary N) is 1. The fraction of sp³-hybridized carbons (Fsp3) is 0.458. The zero-order chi connectivity index (χ0) is 25.7. The van der Waals surface area contributed by atoms with E-state index in [1.807, 2.05) is 24.3 Å². The van der Waals surface area contributed by atoms with E-state index in [4.69, 9.17) is 16.2 Å². The molecular weight excluding hydrogens is 484 g/mol. The van der Waals surface area contributed by atoms with Gasteiger partial charge >= 0.3 is 0 Å². The molecule has 3 atom stereocenters. The summed E-state index contributed by atoms with van der Waals surface area (Å²) in [4.78, 5) is 32.2. The first-order valence-corrected chi connectivity index (χ1v) is 13.8. The summed E-state index contributed by atoms with van der Waals surface area (Å²) >= 11 is 0. The molecule has 4 heterocycles. The monoisotopic (exact) mass is 514 g/mol. The fourth-order valence-corrected chi connectivity index (χ4v) is 6.57. The maximum atomic E-state index is 13.2. The molecule has 0 aliphatic carbocycles. The van der Waals surface area contributed by atoms with Crippen LogP contribution in [-0.2, 0) is 14.8 Å². The van der Waals surface area contributed by atoms with Crippen LogP contribution in [0, 0.1) is 0 Å². The number of carbonyl (C=O) groups excluding carboxylic acids is 2. The molecule has 2 amide bonds. The lowest BCUT2D eigenvalue weighted by Crippen LogP contribution is -2.51. The number of rotatable bonds is 4. The van der Waals surface area contributed by atoms with Crippen molar-refractivity contribution in [3.8, 4) is 5.75 Å². The number of amides is 2. The quantitative estimate of drug-likeness (QED) is 0.542. The minimum Gasteiger partial charge on any atom is -0.485 e. The highest BCUT2D eigenvalue weighted by atomic mass is 32.2. The average Bonchev–Trinajstić information content (AvgIpc) is 3.48. The summed E-state index contributed by atoms with van der Waals surface area (Å²) in [5, 5.41) is 3.09. The van der Waals surface area contributed by atoms with E-state index in [0.29, 0.717) is 56.8 Å². The third-order valence-corrected chi connectivity index (χ3v) is 8.51. The van der Waals surface area contributed by atoms with Crippen molar-refractivity contribution >= 4 is 33.3 Å². The number of nitrogens with two attached hydrogens (primary N) is 2. The van der Waals surface area contributed by atoms with Gasteiger partial charge in [0.15, 0.2) is 0 Å². The third-order valence-electron chi connectivity index (χ3n) is 7.23. The van der Waals surface area contributed by atoms with Crippen molar-refractivity contribution in [3.63, 3.8) is 0 Å². The molecular formula is C24H30N6O5S. The largest absolute Gasteiger partial charge is 0.485 e. The highest BCUT2D eigenvalue weighted by Gasteiger charge is 2.48. The molecule has 2 fully saturated rings. The number of ether oxygens (including phenoxy) is 1. The topological polar surface area (TPSA) is 161 Å². The van der Waals surface area contributed by atoms with Gasteiger partial charge in [0.1, 0.15) is 28.9 Å². The van der Waals surface area contributed by atoms with Crippen LogP contribution >= 0.6 is 0 Å². The van der Waals surface area contributed by atoms with E-state index in [1.165, 1.54) is 4.31 Å². The van der Waals surface area contributed by atoms with Crippen molar-refractivity contribution < 1.29 is 22.7 Å². The minimum absolute atomic E-state index is 0.107. The highest BCUT2D eigenvalue weighted by Crippen LogP contribution is 2.44. The molecule has 12 heteroatoms. The number of hydrogen-bond donors (Lipinski definition) is 3. The minimum atomic E-state index is -3.49. The first-order chi connectivity index (χ1) is 17.1. The van der Waals surface area contributed by atoms with E-state index in [9.17, 15) is 18.0 Å². The Balaban J connectivity index is 1.36. The van der Waals surface area contributed by atoms with Crippen LogP contribution in [0.2, 0.25) is 0 Å². The van der Waals surface area contributed by atoms with Crippen LogP contribution in [-0.4, -0.2) is 72.0 Å². The summed E-state index contributed by atoms with van der Waals surface area (Å²) < 4.78 is 32.0. The molecule has 3 aliphatic rings. The number of likely N-dealkylation sites (tertiary alicyclic amines) is 1. The number of hydrogen-bond acceptors (Lipinski definition) is 8. The van der Waals surface area contributed by atoms with Gasteiger partial charge in [0.25, 0.3) is 5.91 Å². The molecule has 11 nitrogen and oxygen atoms in total. The van der Waals surface area contributed by atoms with Crippen molar-refractivity contribution in [3.05, 3.63) is 47.7 Å². The van der Waals surface area contributed by atoms with Crippen LogP contribution in [0.25, 0.3) is 0 Å². The van der Waals surface area contributed by atoms with E-state index >= 15 is 0 Å². The van der Waals surface area contributed by atoms with Gasteiger partial charge in [0.05, 0.1) is 24.5 Å². The smallest absolute Gasteiger partial charge is 0.272 e. The summed E-state index contributed by atoms with van der Waals surface area (Å²) in [6, 6.07) is 9.48. The lowest BCUT2D eigenvalue weighted by molar-refractivity contribution is -0.125. The van der Waals surface area contributed by atoms with E-state index in [-0.39, 0.29) is 29.4 Å². The van der Waals surface area contributed by atoms with Crippen molar-refractivity contribution in [1.29, 1.82) is 0 Å². The van der Waals surface area contributed by atoms with Crippen molar-refractivity contribution in [1.82, 2.24) is 19.5 Å². The van der Waals surface area contributed by atoms with Gasteiger partial charge in [0, 0.05) is 31.5 Å². The predicted molar refractivity (Wildman–Crippen MR) is 133 cm³/mol. The van der Waals surface area contributed by atoms with Gasteiger partial charge in [-0.2, -0.15) is 4.31 Å². The van der Waals surface area contributed by atoms with Gasteiger partial charge in [0.2, 0.25) is 15.9 Å². The Bertz CT molecular complexity index is 1320. The number of anilines is 2. The van der Waals surface area contributed by atoms with Crippen LogP contribution in [0.3, 0.4) is 0 Å². The molecule has 5 N–H and O–H groups in total. The van der Waals surface area contributed by atoms with Crippen molar-refractivity contribution in [2.24, 2.45) is 0 Å². The lowest BCUT2D eigenvalue weighted by Gasteiger charge is -2.40. The fourth-order valence-electron chi connectivity index (χ4n) is 5.45. The summed E-state index contributed by atoms with van der Waals surface area (Å²) in [5.74, 6) is 0.165. The Morgan fingerprint density at radius 3 is 2.69 bits per heavy atom. The zero-order valence-electron chi connectivity index (χ0n) is 20.0. The van der Waals surface area contributed by atoms with Crippen LogP contribution < -0.4 is 21.5 Å². The molecule has 2 aromatic rings. The van der Waals surface area contributed by atoms with Gasteiger partial charge in [-0.15, -0.1) is 0 Å². The van der Waals surface area contributed by atoms with Crippen molar-refractivity contribution in [2.45, 2.75) is 43.4 Å². The van der Waals surface area contributed by atoms with Crippen LogP contribution in [0.5, 0.6) is 5.75 Å². The predicted octanol–water partition coefficient (Wildman–Crippen LogP) is 0.895. The number of para-hydroxylation sites is 1. The maximum Gasteiger partial charge on any atom is 0.272 e. The Hall–Kier alpha value is -3.38. The number of aromatic nitrogens is 1. The van der Waals surface area contributed by atoms with Gasteiger partial charge < -0.3 is 26.4 Å². The number of carbonyl (C=O) groups is 2. The molecule has 3 aliphatic heterocycles. The number of benzene rings is 1. The van der Waals surface area contributed by atoms with Crippen molar-refractivity contribution in [2.75, 3.05) is 37.4 Å². The van der Waals surface area contributed by atoms with Gasteiger partial charge in [-0.25, -0.2) is 13.4 Å². The second-order valence-electron chi connectivity index (χ2n) is 9.77. The molecule has 3 unspecified atom stereocenters. The van der Waals surface area contributed by atoms with Gasteiger partial charge in [-0.3, -0.25) is 9.59 Å².